The smallest absolute Gasteiger partial charge is 0.293 e. The fourth-order valence-electron chi connectivity index (χ4n) is 2.31. The molecule has 2 N–H and O–H groups in total. The van der Waals surface area contributed by atoms with Crippen molar-refractivity contribution in [3.8, 4) is 0 Å². The van der Waals surface area contributed by atoms with Crippen LogP contribution < -0.4 is 10.6 Å². The number of carbonyl (C=O) groups is 1. The highest BCUT2D eigenvalue weighted by molar-refractivity contribution is 5.94. The van der Waals surface area contributed by atoms with E-state index in [0.717, 1.165) is 37.3 Å². The van der Waals surface area contributed by atoms with Gasteiger partial charge < -0.3 is 10.6 Å². The molecule has 0 spiro atoms. The van der Waals surface area contributed by atoms with Gasteiger partial charge in [-0.1, -0.05) is 0 Å². The summed E-state index contributed by atoms with van der Waals surface area (Å²) >= 11 is 0. The van der Waals surface area contributed by atoms with Crippen LogP contribution in [-0.2, 0) is 4.79 Å². The van der Waals surface area contributed by atoms with Crippen LogP contribution in [0.25, 0.3) is 0 Å². The van der Waals surface area contributed by atoms with Crippen molar-refractivity contribution in [3.63, 3.8) is 0 Å². The Morgan fingerprint density at radius 3 is 2.57 bits per heavy atom. The van der Waals surface area contributed by atoms with E-state index in [1.165, 1.54) is 6.07 Å². The van der Waals surface area contributed by atoms with Crippen LogP contribution in [0.4, 0.5) is 11.4 Å². The number of piperazine rings is 1. The van der Waals surface area contributed by atoms with Gasteiger partial charge >= 0.3 is 0 Å². The molecule has 114 valence electrons. The predicted molar refractivity (Wildman–Crippen MR) is 80.5 cm³/mol. The minimum Gasteiger partial charge on any atom is -0.319 e. The number of hydrogen-bond acceptors (Lipinski definition) is 5. The summed E-state index contributed by atoms with van der Waals surface area (Å²) in [6, 6.07) is 3.15. The van der Waals surface area contributed by atoms with Gasteiger partial charge in [0.25, 0.3) is 5.69 Å². The maximum Gasteiger partial charge on any atom is 0.293 e. The molecule has 1 aromatic carbocycles. The van der Waals surface area contributed by atoms with E-state index in [1.54, 1.807) is 6.07 Å². The molecule has 1 aliphatic rings. The van der Waals surface area contributed by atoms with Gasteiger partial charge in [-0.25, -0.2) is 0 Å². The number of rotatable bonds is 4. The van der Waals surface area contributed by atoms with E-state index in [4.69, 9.17) is 0 Å². The first-order chi connectivity index (χ1) is 9.97. The van der Waals surface area contributed by atoms with Gasteiger partial charge in [-0.15, -0.1) is 0 Å². The van der Waals surface area contributed by atoms with E-state index >= 15 is 0 Å². The minimum absolute atomic E-state index is 0.0632. The number of anilines is 1. The number of nitrogens with zero attached hydrogens (tertiary/aromatic N) is 2. The van der Waals surface area contributed by atoms with Crippen molar-refractivity contribution in [2.45, 2.75) is 13.8 Å². The Kier molecular flexibility index (Phi) is 4.87. The quantitative estimate of drug-likeness (QED) is 0.640. The third kappa shape index (κ3) is 3.99. The molecule has 7 heteroatoms. The summed E-state index contributed by atoms with van der Waals surface area (Å²) in [6.07, 6.45) is 0. The molecule has 1 fully saturated rings. The zero-order chi connectivity index (χ0) is 15.4. The van der Waals surface area contributed by atoms with Crippen LogP contribution in [0.5, 0.6) is 0 Å². The number of hydrogen-bond donors (Lipinski definition) is 2. The molecule has 0 radical (unpaired) electrons. The van der Waals surface area contributed by atoms with E-state index < -0.39 is 4.92 Å². The molecule has 0 aromatic heterocycles. The number of carbonyl (C=O) groups excluding carboxylic acids is 1. The molecule has 2 rings (SSSR count). The summed E-state index contributed by atoms with van der Waals surface area (Å²) in [5.41, 5.74) is 1.95. The molecule has 0 bridgehead atoms. The maximum absolute atomic E-state index is 12.1. The first-order valence-corrected chi connectivity index (χ1v) is 6.96. The van der Waals surface area contributed by atoms with Gasteiger partial charge in [0.05, 0.1) is 11.5 Å². The second-order valence-corrected chi connectivity index (χ2v) is 5.29. The number of nitro groups is 1. The summed E-state index contributed by atoms with van der Waals surface area (Å²) in [5, 5.41) is 17.0. The van der Waals surface area contributed by atoms with Crippen molar-refractivity contribution in [1.82, 2.24) is 10.2 Å². The zero-order valence-electron chi connectivity index (χ0n) is 12.3. The van der Waals surface area contributed by atoms with Crippen molar-refractivity contribution >= 4 is 17.3 Å². The molecule has 1 heterocycles. The van der Waals surface area contributed by atoms with Crippen LogP contribution in [-0.4, -0.2) is 48.5 Å². The second kappa shape index (κ2) is 6.64. The molecular formula is C14H20N4O3. The van der Waals surface area contributed by atoms with E-state index in [0.29, 0.717) is 0 Å². The molecule has 0 aliphatic carbocycles. The first-order valence-electron chi connectivity index (χ1n) is 6.96. The average molecular weight is 292 g/mol. The molecule has 0 atom stereocenters. The van der Waals surface area contributed by atoms with E-state index in [-0.39, 0.29) is 23.8 Å². The van der Waals surface area contributed by atoms with E-state index in [2.05, 4.69) is 10.6 Å². The van der Waals surface area contributed by atoms with Crippen LogP contribution in [0.2, 0.25) is 0 Å². The lowest BCUT2D eigenvalue weighted by atomic mass is 10.1. The Morgan fingerprint density at radius 2 is 1.95 bits per heavy atom. The third-order valence-corrected chi connectivity index (χ3v) is 3.66. The largest absolute Gasteiger partial charge is 0.319 e. The molecule has 0 unspecified atom stereocenters. The van der Waals surface area contributed by atoms with Crippen LogP contribution >= 0.6 is 0 Å². The number of nitrogens with one attached hydrogen (secondary N) is 2. The fourth-order valence-corrected chi connectivity index (χ4v) is 2.31. The normalized spacial score (nSPS) is 15.7. The topological polar surface area (TPSA) is 87.5 Å². The molecule has 1 amide bonds. The summed E-state index contributed by atoms with van der Waals surface area (Å²) < 4.78 is 0. The Balaban J connectivity index is 2.09. The predicted octanol–water partition coefficient (Wildman–Crippen LogP) is 1.06. The lowest BCUT2D eigenvalue weighted by Gasteiger charge is -2.26. The van der Waals surface area contributed by atoms with Crippen molar-refractivity contribution in [1.29, 1.82) is 0 Å². The van der Waals surface area contributed by atoms with Gasteiger partial charge in [0.1, 0.15) is 5.69 Å². The van der Waals surface area contributed by atoms with E-state index in [9.17, 15) is 14.9 Å². The van der Waals surface area contributed by atoms with Gasteiger partial charge in [0.2, 0.25) is 5.91 Å². The SMILES string of the molecule is Cc1cc(NC(=O)CN2CCNCC2)c([N+](=O)[O-])cc1C. The van der Waals surface area contributed by atoms with Gasteiger partial charge in [-0.05, 0) is 31.0 Å². The van der Waals surface area contributed by atoms with Crippen LogP contribution in [0.3, 0.4) is 0 Å². The Hall–Kier alpha value is -1.99. The van der Waals surface area contributed by atoms with Crippen LogP contribution in [0.1, 0.15) is 11.1 Å². The van der Waals surface area contributed by atoms with Gasteiger partial charge in [-0.2, -0.15) is 0 Å². The lowest BCUT2D eigenvalue weighted by Crippen LogP contribution is -2.46. The van der Waals surface area contributed by atoms with E-state index in [1.807, 2.05) is 18.7 Å². The summed E-state index contributed by atoms with van der Waals surface area (Å²) in [4.78, 5) is 24.7. The standard InChI is InChI=1S/C14H20N4O3/c1-10-7-12(13(18(20)21)8-11(10)2)16-14(19)9-17-5-3-15-4-6-17/h7-8,15H,3-6,9H2,1-2H3,(H,16,19). The molecule has 0 saturated carbocycles. The Labute approximate surface area is 123 Å². The van der Waals surface area contributed by atoms with Crippen molar-refractivity contribution in [2.24, 2.45) is 0 Å². The van der Waals surface area contributed by atoms with Crippen molar-refractivity contribution in [2.75, 3.05) is 38.0 Å². The number of benzene rings is 1. The Bertz CT molecular complexity index is 553. The molecule has 7 nitrogen and oxygen atoms in total. The summed E-state index contributed by atoms with van der Waals surface area (Å²) in [6.45, 7) is 7.27. The second-order valence-electron chi connectivity index (χ2n) is 5.29. The molecule has 1 aliphatic heterocycles. The lowest BCUT2D eigenvalue weighted by molar-refractivity contribution is -0.384. The average Bonchev–Trinajstić information content (AvgIpc) is 2.43. The summed E-state index contributed by atoms with van der Waals surface area (Å²) in [5.74, 6) is -0.219. The molecule has 1 saturated heterocycles. The zero-order valence-corrected chi connectivity index (χ0v) is 12.3. The minimum atomic E-state index is -0.465. The first kappa shape index (κ1) is 15.4. The highest BCUT2D eigenvalue weighted by Crippen LogP contribution is 2.27. The highest BCUT2D eigenvalue weighted by atomic mass is 16.6. The number of amides is 1. The van der Waals surface area contributed by atoms with Gasteiger partial charge in [0.15, 0.2) is 0 Å². The fraction of sp³-hybridized carbons (Fsp3) is 0.500. The maximum atomic E-state index is 12.1. The monoisotopic (exact) mass is 292 g/mol. The molecule has 21 heavy (non-hydrogen) atoms. The molecular weight excluding hydrogens is 272 g/mol. The molecule has 1 aromatic rings. The van der Waals surface area contributed by atoms with Crippen molar-refractivity contribution in [3.05, 3.63) is 33.4 Å². The van der Waals surface area contributed by atoms with Gasteiger partial charge in [0, 0.05) is 32.2 Å². The third-order valence-electron chi connectivity index (χ3n) is 3.66. The van der Waals surface area contributed by atoms with Crippen LogP contribution in [0, 0.1) is 24.0 Å². The van der Waals surface area contributed by atoms with Crippen LogP contribution in [0.15, 0.2) is 12.1 Å². The number of nitro benzene ring substituents is 1. The number of aryl methyl sites for hydroxylation is 2. The van der Waals surface area contributed by atoms with Gasteiger partial charge in [-0.3, -0.25) is 19.8 Å². The summed E-state index contributed by atoms with van der Waals surface area (Å²) in [7, 11) is 0. The highest BCUT2D eigenvalue weighted by Gasteiger charge is 2.19. The Morgan fingerprint density at radius 1 is 1.33 bits per heavy atom. The van der Waals surface area contributed by atoms with Crippen molar-refractivity contribution < 1.29 is 9.72 Å².